The first-order valence-electron chi connectivity index (χ1n) is 6.30. The van der Waals surface area contributed by atoms with Gasteiger partial charge in [-0.1, -0.05) is 0 Å². The minimum Gasteiger partial charge on any atom is -0.485 e. The van der Waals surface area contributed by atoms with Crippen molar-refractivity contribution in [2.75, 3.05) is 5.32 Å². The maximum atomic E-state index is 13.4. The van der Waals surface area contributed by atoms with Crippen LogP contribution >= 0.6 is 0 Å². The number of aryl methyl sites for hydroxylation is 1. The van der Waals surface area contributed by atoms with Crippen LogP contribution in [-0.2, 0) is 13.7 Å². The van der Waals surface area contributed by atoms with Gasteiger partial charge in [-0.3, -0.25) is 4.68 Å². The summed E-state index contributed by atoms with van der Waals surface area (Å²) in [4.78, 5) is 0. The maximum Gasteiger partial charge on any atom is 0.145 e. The summed E-state index contributed by atoms with van der Waals surface area (Å²) in [6, 6.07) is 9.19. The van der Waals surface area contributed by atoms with Gasteiger partial charge >= 0.3 is 0 Å². The Morgan fingerprint density at radius 3 is 2.82 bits per heavy atom. The van der Waals surface area contributed by atoms with Crippen LogP contribution in [0.2, 0.25) is 0 Å². The fourth-order valence-electron chi connectivity index (χ4n) is 1.67. The van der Waals surface area contributed by atoms with Gasteiger partial charge < -0.3 is 10.1 Å². The van der Waals surface area contributed by atoms with Gasteiger partial charge in [0.05, 0.1) is 11.4 Å². The summed E-state index contributed by atoms with van der Waals surface area (Å²) >= 11 is 0. The van der Waals surface area contributed by atoms with E-state index in [4.69, 9.17) is 15.3 Å². The smallest absolute Gasteiger partial charge is 0.145 e. The SMILES string of the molecule is Cn1nccc1COc1ccc(F)cc1NC=C(C#N)C#N. The summed E-state index contributed by atoms with van der Waals surface area (Å²) in [5.74, 6) is -0.0617. The molecule has 0 radical (unpaired) electrons. The monoisotopic (exact) mass is 297 g/mol. The topological polar surface area (TPSA) is 86.7 Å². The van der Waals surface area contributed by atoms with Gasteiger partial charge in [-0.15, -0.1) is 0 Å². The van der Waals surface area contributed by atoms with Gasteiger partial charge in [0.15, 0.2) is 0 Å². The highest BCUT2D eigenvalue weighted by Crippen LogP contribution is 2.26. The molecule has 110 valence electrons. The van der Waals surface area contributed by atoms with Gasteiger partial charge in [0, 0.05) is 25.5 Å². The van der Waals surface area contributed by atoms with E-state index in [0.717, 1.165) is 5.69 Å². The van der Waals surface area contributed by atoms with Gasteiger partial charge in [-0.25, -0.2) is 4.39 Å². The van der Waals surface area contributed by atoms with Crippen LogP contribution in [0.4, 0.5) is 10.1 Å². The average Bonchev–Trinajstić information content (AvgIpc) is 2.92. The van der Waals surface area contributed by atoms with Crippen molar-refractivity contribution in [1.82, 2.24) is 9.78 Å². The van der Waals surface area contributed by atoms with Crippen molar-refractivity contribution in [3.8, 4) is 17.9 Å². The Balaban J connectivity index is 2.18. The summed E-state index contributed by atoms with van der Waals surface area (Å²) in [5.41, 5.74) is 1.05. The first-order valence-corrected chi connectivity index (χ1v) is 6.30. The Bertz CT molecular complexity index is 766. The second kappa shape index (κ2) is 6.91. The lowest BCUT2D eigenvalue weighted by Gasteiger charge is -2.11. The van der Waals surface area contributed by atoms with Crippen molar-refractivity contribution in [2.45, 2.75) is 6.61 Å². The third-order valence-corrected chi connectivity index (χ3v) is 2.85. The van der Waals surface area contributed by atoms with Crippen LogP contribution in [0.3, 0.4) is 0 Å². The molecular formula is C15H12FN5O. The lowest BCUT2D eigenvalue weighted by molar-refractivity contribution is 0.296. The fraction of sp³-hybridized carbons (Fsp3) is 0.133. The van der Waals surface area contributed by atoms with Crippen molar-refractivity contribution in [3.05, 3.63) is 53.7 Å². The van der Waals surface area contributed by atoms with Crippen LogP contribution in [0.1, 0.15) is 5.69 Å². The molecule has 7 heteroatoms. The number of halogens is 1. The molecule has 1 heterocycles. The Morgan fingerprint density at radius 1 is 1.41 bits per heavy atom. The lowest BCUT2D eigenvalue weighted by atomic mass is 10.2. The molecule has 2 aromatic rings. The molecule has 1 N–H and O–H groups in total. The van der Waals surface area contributed by atoms with Gasteiger partial charge in [-0.2, -0.15) is 15.6 Å². The molecule has 1 aromatic carbocycles. The maximum absolute atomic E-state index is 13.4. The van der Waals surface area contributed by atoms with Crippen molar-refractivity contribution in [2.24, 2.45) is 7.05 Å². The van der Waals surface area contributed by atoms with Crippen LogP contribution in [0.5, 0.6) is 5.75 Å². The van der Waals surface area contributed by atoms with E-state index in [2.05, 4.69) is 10.4 Å². The standard InChI is InChI=1S/C15H12FN5O/c1-21-13(4-5-20-21)10-22-15-3-2-12(16)6-14(15)19-9-11(7-17)8-18/h2-6,9,19H,10H2,1H3. The molecule has 0 aliphatic heterocycles. The summed E-state index contributed by atoms with van der Waals surface area (Å²) in [6.45, 7) is 0.254. The van der Waals surface area contributed by atoms with Crippen molar-refractivity contribution in [3.63, 3.8) is 0 Å². The highest BCUT2D eigenvalue weighted by molar-refractivity contribution is 5.59. The minimum atomic E-state index is -0.459. The Hall–Kier alpha value is -3.32. The molecule has 0 saturated carbocycles. The van der Waals surface area contributed by atoms with E-state index in [1.807, 2.05) is 0 Å². The van der Waals surface area contributed by atoms with E-state index in [9.17, 15) is 4.39 Å². The number of nitrogens with zero attached hydrogens (tertiary/aromatic N) is 4. The van der Waals surface area contributed by atoms with Crippen LogP contribution in [0.15, 0.2) is 42.2 Å². The molecule has 0 amide bonds. The molecule has 0 aliphatic rings. The molecule has 1 aromatic heterocycles. The molecule has 0 saturated heterocycles. The Labute approximate surface area is 126 Å². The zero-order valence-corrected chi connectivity index (χ0v) is 11.7. The Kier molecular flexibility index (Phi) is 4.74. The number of hydrogen-bond donors (Lipinski definition) is 1. The highest BCUT2D eigenvalue weighted by Gasteiger charge is 2.07. The first-order chi connectivity index (χ1) is 10.6. The first kappa shape index (κ1) is 15.1. The van der Waals surface area contributed by atoms with Gasteiger partial charge in [0.2, 0.25) is 0 Å². The molecule has 0 fully saturated rings. The third kappa shape index (κ3) is 3.62. The minimum absolute atomic E-state index is 0.123. The van der Waals surface area contributed by atoms with E-state index < -0.39 is 5.82 Å². The molecule has 22 heavy (non-hydrogen) atoms. The number of hydrogen-bond acceptors (Lipinski definition) is 5. The van der Waals surface area contributed by atoms with E-state index >= 15 is 0 Å². The fourth-order valence-corrected chi connectivity index (χ4v) is 1.67. The summed E-state index contributed by atoms with van der Waals surface area (Å²) in [5, 5.41) is 24.1. The molecule has 0 aliphatic carbocycles. The van der Waals surface area contributed by atoms with Crippen molar-refractivity contribution in [1.29, 1.82) is 10.5 Å². The average molecular weight is 297 g/mol. The number of benzene rings is 1. The van der Waals surface area contributed by atoms with Crippen LogP contribution in [0.25, 0.3) is 0 Å². The zero-order valence-electron chi connectivity index (χ0n) is 11.7. The predicted molar refractivity (Wildman–Crippen MR) is 76.9 cm³/mol. The largest absolute Gasteiger partial charge is 0.485 e. The number of nitriles is 2. The van der Waals surface area contributed by atoms with Crippen molar-refractivity contribution >= 4 is 5.69 Å². The lowest BCUT2D eigenvalue weighted by Crippen LogP contribution is -2.04. The zero-order chi connectivity index (χ0) is 15.9. The number of nitrogens with one attached hydrogen (secondary N) is 1. The van der Waals surface area contributed by atoms with E-state index in [1.54, 1.807) is 36.1 Å². The normalized spacial score (nSPS) is 9.45. The number of allylic oxidation sites excluding steroid dienone is 1. The van der Waals surface area contributed by atoms with Gasteiger partial charge in [0.25, 0.3) is 0 Å². The van der Waals surface area contributed by atoms with E-state index in [0.29, 0.717) is 11.4 Å². The van der Waals surface area contributed by atoms with Crippen LogP contribution in [-0.4, -0.2) is 9.78 Å². The molecule has 0 unspecified atom stereocenters. The van der Waals surface area contributed by atoms with Gasteiger partial charge in [-0.05, 0) is 18.2 Å². The molecule has 0 bridgehead atoms. The number of ether oxygens (including phenoxy) is 1. The van der Waals surface area contributed by atoms with E-state index in [1.165, 1.54) is 24.4 Å². The number of aromatic nitrogens is 2. The summed E-state index contributed by atoms with van der Waals surface area (Å²) in [7, 11) is 1.79. The Morgan fingerprint density at radius 2 is 2.18 bits per heavy atom. The summed E-state index contributed by atoms with van der Waals surface area (Å²) in [6.07, 6.45) is 2.85. The molecule has 6 nitrogen and oxygen atoms in total. The number of anilines is 1. The molecule has 2 rings (SSSR count). The van der Waals surface area contributed by atoms with Crippen molar-refractivity contribution < 1.29 is 9.13 Å². The predicted octanol–water partition coefficient (Wildman–Crippen LogP) is 2.48. The van der Waals surface area contributed by atoms with Crippen LogP contribution < -0.4 is 10.1 Å². The molecule has 0 spiro atoms. The summed E-state index contributed by atoms with van der Waals surface area (Å²) < 4.78 is 20.7. The molecule has 0 atom stereocenters. The third-order valence-electron chi connectivity index (χ3n) is 2.85. The number of rotatable bonds is 5. The second-order valence-corrected chi connectivity index (χ2v) is 4.30. The van der Waals surface area contributed by atoms with Crippen LogP contribution in [0, 0.1) is 28.5 Å². The van der Waals surface area contributed by atoms with Gasteiger partial charge in [0.1, 0.15) is 35.9 Å². The highest BCUT2D eigenvalue weighted by atomic mass is 19.1. The second-order valence-electron chi connectivity index (χ2n) is 4.30. The quantitative estimate of drug-likeness (QED) is 0.857. The molecular weight excluding hydrogens is 285 g/mol. The van der Waals surface area contributed by atoms with E-state index in [-0.39, 0.29) is 12.2 Å².